The third-order valence-electron chi connectivity index (χ3n) is 4.30. The van der Waals surface area contributed by atoms with E-state index in [9.17, 15) is 9.59 Å². The van der Waals surface area contributed by atoms with Crippen LogP contribution in [0.5, 0.6) is 0 Å². The molecule has 5 nitrogen and oxygen atoms in total. The lowest BCUT2D eigenvalue weighted by atomic mass is 10.0. The molecule has 1 heterocycles. The van der Waals surface area contributed by atoms with Crippen LogP contribution in [0, 0.1) is 17.8 Å². The Morgan fingerprint density at radius 3 is 2.65 bits per heavy atom. The monoisotopic (exact) mass is 239 g/mol. The molecule has 0 aromatic heterocycles. The van der Waals surface area contributed by atoms with Gasteiger partial charge in [-0.1, -0.05) is 0 Å². The van der Waals surface area contributed by atoms with Crippen LogP contribution in [0.1, 0.15) is 25.7 Å². The maximum Gasteiger partial charge on any atom is 0.306 e. The standard InChI is InChI=1S/C12H17NO4/c14-11(10-2-1-3-17-10)13-9-5-8(12(15)16)6-4-7(6)9/h6-10H,1-5H2,(H,13,14)(H,15,16)/t6-,7+,8-,9+,10+/m1/s1. The Bertz CT molecular complexity index is 350. The number of ether oxygens (including phenoxy) is 1. The van der Waals surface area contributed by atoms with Crippen molar-refractivity contribution >= 4 is 11.9 Å². The lowest BCUT2D eigenvalue weighted by Crippen LogP contribution is -2.41. The summed E-state index contributed by atoms with van der Waals surface area (Å²) < 4.78 is 5.32. The summed E-state index contributed by atoms with van der Waals surface area (Å²) in [6.45, 7) is 0.659. The number of carboxylic acids is 1. The first-order valence-electron chi connectivity index (χ1n) is 6.31. The van der Waals surface area contributed by atoms with Gasteiger partial charge in [0.05, 0.1) is 5.92 Å². The molecule has 2 N–H and O–H groups in total. The summed E-state index contributed by atoms with van der Waals surface area (Å²) in [5.74, 6) is -0.339. The number of rotatable bonds is 3. The predicted molar refractivity (Wildman–Crippen MR) is 58.2 cm³/mol. The van der Waals surface area contributed by atoms with Crippen LogP contribution in [0.15, 0.2) is 0 Å². The maximum atomic E-state index is 11.9. The third-order valence-corrected chi connectivity index (χ3v) is 4.30. The summed E-state index contributed by atoms with van der Waals surface area (Å²) in [6, 6.07) is 0.0535. The minimum atomic E-state index is -0.716. The van der Waals surface area contributed by atoms with Gasteiger partial charge in [0.25, 0.3) is 0 Å². The zero-order valence-electron chi connectivity index (χ0n) is 9.59. The van der Waals surface area contributed by atoms with E-state index in [0.29, 0.717) is 24.9 Å². The van der Waals surface area contributed by atoms with E-state index in [1.165, 1.54) is 0 Å². The Labute approximate surface area is 99.5 Å². The van der Waals surface area contributed by atoms with Crippen LogP contribution in [-0.4, -0.2) is 35.7 Å². The SMILES string of the molecule is O=C(N[C@H]1C[C@@H](C(=O)O)[C@@H]2C[C@@H]21)[C@@H]1CCCO1. The molecule has 2 saturated carbocycles. The molecule has 0 bridgehead atoms. The Kier molecular flexibility index (Phi) is 2.58. The molecule has 0 unspecified atom stereocenters. The molecule has 3 aliphatic rings. The average molecular weight is 239 g/mol. The van der Waals surface area contributed by atoms with Gasteiger partial charge in [-0.15, -0.1) is 0 Å². The van der Waals surface area contributed by atoms with Crippen LogP contribution in [0.4, 0.5) is 0 Å². The molecule has 0 radical (unpaired) electrons. The number of hydrogen-bond acceptors (Lipinski definition) is 3. The van der Waals surface area contributed by atoms with Crippen molar-refractivity contribution in [3.05, 3.63) is 0 Å². The van der Waals surface area contributed by atoms with Crippen molar-refractivity contribution in [2.24, 2.45) is 17.8 Å². The number of amides is 1. The first-order valence-corrected chi connectivity index (χ1v) is 6.31. The van der Waals surface area contributed by atoms with Gasteiger partial charge in [-0.25, -0.2) is 0 Å². The number of carbonyl (C=O) groups excluding carboxylic acids is 1. The van der Waals surface area contributed by atoms with Gasteiger partial charge in [0, 0.05) is 12.6 Å². The first kappa shape index (κ1) is 11.0. The topological polar surface area (TPSA) is 75.6 Å². The minimum Gasteiger partial charge on any atom is -0.481 e. The van der Waals surface area contributed by atoms with E-state index in [-0.39, 0.29) is 24.0 Å². The van der Waals surface area contributed by atoms with E-state index in [0.717, 1.165) is 19.3 Å². The van der Waals surface area contributed by atoms with Crippen LogP contribution in [-0.2, 0) is 14.3 Å². The highest BCUT2D eigenvalue weighted by atomic mass is 16.5. The molecule has 0 spiro atoms. The molecular weight excluding hydrogens is 222 g/mol. The molecule has 3 rings (SSSR count). The largest absolute Gasteiger partial charge is 0.481 e. The van der Waals surface area contributed by atoms with Crippen molar-refractivity contribution in [1.29, 1.82) is 0 Å². The fourth-order valence-electron chi connectivity index (χ4n) is 3.29. The molecule has 5 heteroatoms. The molecular formula is C12H17NO4. The normalized spacial score (nSPS) is 43.2. The van der Waals surface area contributed by atoms with Crippen molar-refractivity contribution in [1.82, 2.24) is 5.32 Å². The van der Waals surface area contributed by atoms with Crippen molar-refractivity contribution < 1.29 is 19.4 Å². The maximum absolute atomic E-state index is 11.9. The first-order chi connectivity index (χ1) is 8.16. The number of hydrogen-bond donors (Lipinski definition) is 2. The molecule has 0 aromatic carbocycles. The Morgan fingerprint density at radius 1 is 1.24 bits per heavy atom. The van der Waals surface area contributed by atoms with Crippen molar-refractivity contribution in [2.75, 3.05) is 6.61 Å². The summed E-state index contributed by atoms with van der Waals surface area (Å²) >= 11 is 0. The molecule has 17 heavy (non-hydrogen) atoms. The molecule has 1 amide bonds. The average Bonchev–Trinajstić information content (AvgIpc) is 2.77. The van der Waals surface area contributed by atoms with E-state index in [1.54, 1.807) is 0 Å². The number of fused-ring (bicyclic) bond motifs is 1. The molecule has 0 aromatic rings. The lowest BCUT2D eigenvalue weighted by Gasteiger charge is -2.18. The van der Waals surface area contributed by atoms with Gasteiger partial charge < -0.3 is 15.2 Å². The summed E-state index contributed by atoms with van der Waals surface area (Å²) in [5.41, 5.74) is 0. The summed E-state index contributed by atoms with van der Waals surface area (Å²) in [5, 5.41) is 12.0. The molecule has 1 aliphatic heterocycles. The second kappa shape index (κ2) is 3.98. The molecule has 94 valence electrons. The van der Waals surface area contributed by atoms with Gasteiger partial charge in [0.15, 0.2) is 0 Å². The van der Waals surface area contributed by atoms with Gasteiger partial charge in [-0.05, 0) is 37.5 Å². The fraction of sp³-hybridized carbons (Fsp3) is 0.833. The zero-order valence-corrected chi connectivity index (χ0v) is 9.59. The predicted octanol–water partition coefficient (Wildman–Crippen LogP) is 0.391. The number of carboxylic acid groups (broad SMARTS) is 1. The highest BCUT2D eigenvalue weighted by molar-refractivity contribution is 5.81. The summed E-state index contributed by atoms with van der Waals surface area (Å²) in [6.07, 6.45) is 2.95. The third kappa shape index (κ3) is 1.92. The smallest absolute Gasteiger partial charge is 0.306 e. The fourth-order valence-corrected chi connectivity index (χ4v) is 3.29. The minimum absolute atomic E-state index is 0.0517. The highest BCUT2D eigenvalue weighted by Crippen LogP contribution is 2.55. The second-order valence-electron chi connectivity index (χ2n) is 5.36. The lowest BCUT2D eigenvalue weighted by molar-refractivity contribution is -0.142. The molecule has 1 saturated heterocycles. The Morgan fingerprint density at radius 2 is 2.06 bits per heavy atom. The van der Waals surface area contributed by atoms with Crippen LogP contribution < -0.4 is 5.32 Å². The van der Waals surface area contributed by atoms with E-state index in [1.807, 2.05) is 0 Å². The van der Waals surface area contributed by atoms with Gasteiger partial charge in [-0.2, -0.15) is 0 Å². The zero-order chi connectivity index (χ0) is 12.0. The van der Waals surface area contributed by atoms with Crippen LogP contribution in [0.2, 0.25) is 0 Å². The van der Waals surface area contributed by atoms with E-state index in [4.69, 9.17) is 9.84 Å². The van der Waals surface area contributed by atoms with Crippen LogP contribution >= 0.6 is 0 Å². The van der Waals surface area contributed by atoms with Gasteiger partial charge >= 0.3 is 5.97 Å². The summed E-state index contributed by atoms with van der Waals surface area (Å²) in [4.78, 5) is 22.8. The Balaban J connectivity index is 1.56. The number of nitrogens with one attached hydrogen (secondary N) is 1. The van der Waals surface area contributed by atoms with Crippen LogP contribution in [0.25, 0.3) is 0 Å². The number of carbonyl (C=O) groups is 2. The Hall–Kier alpha value is -1.10. The number of aliphatic carboxylic acids is 1. The van der Waals surface area contributed by atoms with Gasteiger partial charge in [0.2, 0.25) is 5.91 Å². The van der Waals surface area contributed by atoms with E-state index in [2.05, 4.69) is 5.32 Å². The van der Waals surface area contributed by atoms with E-state index < -0.39 is 5.97 Å². The van der Waals surface area contributed by atoms with Crippen molar-refractivity contribution in [2.45, 2.75) is 37.8 Å². The summed E-state index contributed by atoms with van der Waals surface area (Å²) in [7, 11) is 0. The molecule has 3 fully saturated rings. The molecule has 2 aliphatic carbocycles. The van der Waals surface area contributed by atoms with Crippen LogP contribution in [0.3, 0.4) is 0 Å². The van der Waals surface area contributed by atoms with Gasteiger partial charge in [0.1, 0.15) is 6.10 Å². The highest BCUT2D eigenvalue weighted by Gasteiger charge is 2.57. The van der Waals surface area contributed by atoms with E-state index >= 15 is 0 Å². The quantitative estimate of drug-likeness (QED) is 0.747. The van der Waals surface area contributed by atoms with Gasteiger partial charge in [-0.3, -0.25) is 9.59 Å². The molecule has 5 atom stereocenters. The van der Waals surface area contributed by atoms with Crippen molar-refractivity contribution in [3.63, 3.8) is 0 Å². The van der Waals surface area contributed by atoms with Crippen molar-refractivity contribution in [3.8, 4) is 0 Å². The second-order valence-corrected chi connectivity index (χ2v) is 5.36.